The van der Waals surface area contributed by atoms with Gasteiger partial charge in [0, 0.05) is 25.9 Å². The van der Waals surface area contributed by atoms with E-state index in [9.17, 15) is 4.79 Å². The third-order valence-electron chi connectivity index (χ3n) is 2.72. The number of carbonyl (C=O) groups excluding carboxylic acids is 1. The molecule has 100 valence electrons. The molecule has 18 heavy (non-hydrogen) atoms. The van der Waals surface area contributed by atoms with E-state index in [0.29, 0.717) is 22.8 Å². The molecule has 1 amide bonds. The van der Waals surface area contributed by atoms with E-state index >= 15 is 0 Å². The fourth-order valence-electron chi connectivity index (χ4n) is 1.65. The Morgan fingerprint density at radius 2 is 2.11 bits per heavy atom. The Bertz CT molecular complexity index is 410. The highest BCUT2D eigenvalue weighted by molar-refractivity contribution is 6.34. The third-order valence-corrected chi connectivity index (χ3v) is 3.03. The summed E-state index contributed by atoms with van der Waals surface area (Å²) in [5, 5.41) is 9.05. The highest BCUT2D eigenvalue weighted by Gasteiger charge is 2.14. The van der Waals surface area contributed by atoms with E-state index in [1.807, 2.05) is 0 Å². The van der Waals surface area contributed by atoms with Crippen LogP contribution >= 0.6 is 11.6 Å². The van der Waals surface area contributed by atoms with Gasteiger partial charge in [-0.2, -0.15) is 0 Å². The Morgan fingerprint density at radius 3 is 2.72 bits per heavy atom. The molecule has 0 bridgehead atoms. The second kappa shape index (κ2) is 7.24. The molecular weight excluding hydrogens is 252 g/mol. The summed E-state index contributed by atoms with van der Waals surface area (Å²) < 4.78 is 0. The van der Waals surface area contributed by atoms with E-state index in [2.05, 4.69) is 0 Å². The van der Waals surface area contributed by atoms with E-state index in [0.717, 1.165) is 19.3 Å². The van der Waals surface area contributed by atoms with E-state index in [1.165, 1.54) is 0 Å². The molecule has 1 aromatic rings. The number of nitrogens with two attached hydrogens (primary N) is 1. The molecule has 0 aromatic heterocycles. The summed E-state index contributed by atoms with van der Waals surface area (Å²) in [6.07, 6.45) is 2.55. The molecular formula is C13H19ClN2O2. The van der Waals surface area contributed by atoms with Crippen LogP contribution in [-0.2, 0) is 0 Å². The van der Waals surface area contributed by atoms with Crippen LogP contribution in [0.3, 0.4) is 0 Å². The molecule has 0 aliphatic carbocycles. The van der Waals surface area contributed by atoms with Crippen molar-refractivity contribution >= 4 is 23.2 Å². The summed E-state index contributed by atoms with van der Waals surface area (Å²) in [5.74, 6) is -0.107. The lowest BCUT2D eigenvalue weighted by Gasteiger charge is -2.17. The number of benzene rings is 1. The first-order valence-electron chi connectivity index (χ1n) is 5.97. The molecule has 0 radical (unpaired) electrons. The first-order chi connectivity index (χ1) is 8.56. The fourth-order valence-corrected chi connectivity index (χ4v) is 1.92. The molecule has 0 fully saturated rings. The molecule has 0 aliphatic heterocycles. The number of amides is 1. The van der Waals surface area contributed by atoms with Gasteiger partial charge in [0.15, 0.2) is 0 Å². The van der Waals surface area contributed by atoms with Crippen molar-refractivity contribution in [1.29, 1.82) is 0 Å². The van der Waals surface area contributed by atoms with Gasteiger partial charge >= 0.3 is 0 Å². The Hall–Kier alpha value is -1.26. The highest BCUT2D eigenvalue weighted by Crippen LogP contribution is 2.20. The number of hydrogen-bond donors (Lipinski definition) is 2. The van der Waals surface area contributed by atoms with Gasteiger partial charge in [-0.1, -0.05) is 11.6 Å². The first kappa shape index (κ1) is 14.8. The SMILES string of the molecule is CN(CCCCCO)C(=O)c1ccc(N)cc1Cl. The molecule has 0 atom stereocenters. The molecule has 0 saturated carbocycles. The van der Waals surface area contributed by atoms with Crippen molar-refractivity contribution in [1.82, 2.24) is 4.90 Å². The Morgan fingerprint density at radius 1 is 1.39 bits per heavy atom. The highest BCUT2D eigenvalue weighted by atomic mass is 35.5. The van der Waals surface area contributed by atoms with Gasteiger partial charge in [0.1, 0.15) is 0 Å². The smallest absolute Gasteiger partial charge is 0.255 e. The van der Waals surface area contributed by atoms with Crippen molar-refractivity contribution in [2.45, 2.75) is 19.3 Å². The fraction of sp³-hybridized carbons (Fsp3) is 0.462. The minimum Gasteiger partial charge on any atom is -0.399 e. The van der Waals surface area contributed by atoms with Crippen LogP contribution in [0.1, 0.15) is 29.6 Å². The zero-order chi connectivity index (χ0) is 13.5. The zero-order valence-corrected chi connectivity index (χ0v) is 11.3. The second-order valence-corrected chi connectivity index (χ2v) is 4.66. The summed E-state index contributed by atoms with van der Waals surface area (Å²) in [6.45, 7) is 0.848. The maximum atomic E-state index is 12.1. The lowest BCUT2D eigenvalue weighted by Crippen LogP contribution is -2.28. The lowest BCUT2D eigenvalue weighted by molar-refractivity contribution is 0.0792. The van der Waals surface area contributed by atoms with Crippen LogP contribution in [0.5, 0.6) is 0 Å². The van der Waals surface area contributed by atoms with Crippen LogP contribution in [0.15, 0.2) is 18.2 Å². The summed E-state index contributed by atoms with van der Waals surface area (Å²) in [7, 11) is 1.74. The molecule has 1 rings (SSSR count). The summed E-state index contributed by atoms with van der Waals surface area (Å²) in [6, 6.07) is 4.89. The van der Waals surface area contributed by atoms with Gasteiger partial charge < -0.3 is 15.7 Å². The van der Waals surface area contributed by atoms with Crippen LogP contribution in [0.2, 0.25) is 5.02 Å². The van der Waals surface area contributed by atoms with Gasteiger partial charge in [-0.25, -0.2) is 0 Å². The van der Waals surface area contributed by atoms with Gasteiger partial charge in [-0.15, -0.1) is 0 Å². The quantitative estimate of drug-likeness (QED) is 0.615. The number of nitrogens with zero attached hydrogens (tertiary/aromatic N) is 1. The van der Waals surface area contributed by atoms with Crippen molar-refractivity contribution in [3.05, 3.63) is 28.8 Å². The number of carbonyl (C=O) groups is 1. The molecule has 4 nitrogen and oxygen atoms in total. The molecule has 0 heterocycles. The largest absolute Gasteiger partial charge is 0.399 e. The Balaban J connectivity index is 2.57. The monoisotopic (exact) mass is 270 g/mol. The van der Waals surface area contributed by atoms with E-state index in [4.69, 9.17) is 22.4 Å². The zero-order valence-electron chi connectivity index (χ0n) is 10.5. The van der Waals surface area contributed by atoms with Crippen LogP contribution in [0.25, 0.3) is 0 Å². The Kier molecular flexibility index (Phi) is 5.95. The summed E-state index contributed by atoms with van der Waals surface area (Å²) in [4.78, 5) is 13.7. The normalized spacial score (nSPS) is 10.4. The van der Waals surface area contributed by atoms with Gasteiger partial charge in [0.05, 0.1) is 10.6 Å². The Labute approximate surface area is 112 Å². The number of halogens is 1. The van der Waals surface area contributed by atoms with Gasteiger partial charge in [0.2, 0.25) is 0 Å². The van der Waals surface area contributed by atoms with Crippen LogP contribution < -0.4 is 5.73 Å². The lowest BCUT2D eigenvalue weighted by atomic mass is 10.1. The number of hydrogen-bond acceptors (Lipinski definition) is 3. The molecule has 5 heteroatoms. The molecule has 0 saturated heterocycles. The van der Waals surface area contributed by atoms with Crippen molar-refractivity contribution < 1.29 is 9.90 Å². The minimum absolute atomic E-state index is 0.107. The second-order valence-electron chi connectivity index (χ2n) is 4.25. The number of aliphatic hydroxyl groups excluding tert-OH is 1. The van der Waals surface area contributed by atoms with E-state index < -0.39 is 0 Å². The number of unbranched alkanes of at least 4 members (excludes halogenated alkanes) is 2. The predicted octanol–water partition coefficient (Wildman–Crippen LogP) is 2.16. The van der Waals surface area contributed by atoms with E-state index in [1.54, 1.807) is 30.1 Å². The van der Waals surface area contributed by atoms with Crippen molar-refractivity contribution in [2.75, 3.05) is 25.9 Å². The maximum absolute atomic E-state index is 12.1. The standard InChI is InChI=1S/C13H19ClN2O2/c1-16(7-3-2-4-8-17)13(18)11-6-5-10(15)9-12(11)14/h5-6,9,17H,2-4,7-8,15H2,1H3. The van der Waals surface area contributed by atoms with Crippen LogP contribution in [0.4, 0.5) is 5.69 Å². The summed E-state index contributed by atoms with van der Waals surface area (Å²) >= 11 is 5.99. The summed E-state index contributed by atoms with van der Waals surface area (Å²) in [5.41, 5.74) is 6.60. The predicted molar refractivity (Wildman–Crippen MR) is 73.8 cm³/mol. The molecule has 1 aromatic carbocycles. The van der Waals surface area contributed by atoms with Crippen LogP contribution in [0, 0.1) is 0 Å². The van der Waals surface area contributed by atoms with Crippen LogP contribution in [-0.4, -0.2) is 36.1 Å². The number of anilines is 1. The maximum Gasteiger partial charge on any atom is 0.255 e. The van der Waals surface area contributed by atoms with Gasteiger partial charge in [-0.3, -0.25) is 4.79 Å². The number of nitrogen functional groups attached to an aromatic ring is 1. The molecule has 3 N–H and O–H groups in total. The van der Waals surface area contributed by atoms with Crippen molar-refractivity contribution in [2.24, 2.45) is 0 Å². The molecule has 0 unspecified atom stereocenters. The van der Waals surface area contributed by atoms with E-state index in [-0.39, 0.29) is 12.5 Å². The van der Waals surface area contributed by atoms with Crippen molar-refractivity contribution in [3.63, 3.8) is 0 Å². The number of aliphatic hydroxyl groups is 1. The average molecular weight is 271 g/mol. The third kappa shape index (κ3) is 4.20. The minimum atomic E-state index is -0.107. The average Bonchev–Trinajstić information content (AvgIpc) is 2.33. The molecule has 0 spiro atoms. The first-order valence-corrected chi connectivity index (χ1v) is 6.35. The number of rotatable bonds is 6. The topological polar surface area (TPSA) is 66.6 Å². The van der Waals surface area contributed by atoms with Gasteiger partial charge in [0.25, 0.3) is 5.91 Å². The van der Waals surface area contributed by atoms with Crippen molar-refractivity contribution in [3.8, 4) is 0 Å². The van der Waals surface area contributed by atoms with Gasteiger partial charge in [-0.05, 0) is 37.5 Å². The molecule has 0 aliphatic rings.